The lowest BCUT2D eigenvalue weighted by Crippen LogP contribution is -2.08. The van der Waals surface area contributed by atoms with Crippen LogP contribution in [0.4, 0.5) is 0 Å². The fourth-order valence-electron chi connectivity index (χ4n) is 2.27. The number of carboxylic acids is 1. The van der Waals surface area contributed by atoms with Crippen LogP contribution in [0.5, 0.6) is 5.75 Å². The molecular weight excluding hydrogens is 268 g/mol. The summed E-state index contributed by atoms with van der Waals surface area (Å²) in [7, 11) is 1.63. The van der Waals surface area contributed by atoms with Crippen LogP contribution in [0.15, 0.2) is 30.9 Å². The van der Waals surface area contributed by atoms with Crippen LogP contribution in [0.25, 0.3) is 11.3 Å². The topological polar surface area (TPSA) is 64.4 Å². The maximum Gasteiger partial charge on any atom is 0.354 e. The van der Waals surface area contributed by atoms with Gasteiger partial charge in [-0.3, -0.25) is 4.68 Å². The number of hydrogen-bond acceptors (Lipinski definition) is 3. The number of carboxylic acid groups (broad SMARTS) is 1. The van der Waals surface area contributed by atoms with Crippen molar-refractivity contribution in [2.45, 2.75) is 20.4 Å². The molecule has 0 bridgehead atoms. The summed E-state index contributed by atoms with van der Waals surface area (Å²) in [6.07, 6.45) is 1.62. The van der Waals surface area contributed by atoms with E-state index in [0.29, 0.717) is 12.2 Å². The van der Waals surface area contributed by atoms with Crippen LogP contribution >= 0.6 is 0 Å². The number of rotatable bonds is 5. The quantitative estimate of drug-likeness (QED) is 0.858. The molecule has 1 aromatic carbocycles. The summed E-state index contributed by atoms with van der Waals surface area (Å²) in [6.45, 7) is 7.87. The van der Waals surface area contributed by atoms with Gasteiger partial charge in [-0.25, -0.2) is 4.79 Å². The molecule has 2 aromatic rings. The van der Waals surface area contributed by atoms with Crippen LogP contribution in [0.2, 0.25) is 0 Å². The Balaban J connectivity index is 2.56. The van der Waals surface area contributed by atoms with Gasteiger partial charge in [-0.15, -0.1) is 6.58 Å². The van der Waals surface area contributed by atoms with Gasteiger partial charge in [0, 0.05) is 5.56 Å². The Morgan fingerprint density at radius 1 is 1.38 bits per heavy atom. The molecule has 1 N–H and O–H groups in total. The van der Waals surface area contributed by atoms with Gasteiger partial charge in [0.25, 0.3) is 0 Å². The number of carbonyl (C=O) groups is 1. The van der Waals surface area contributed by atoms with Crippen molar-refractivity contribution in [1.82, 2.24) is 9.78 Å². The zero-order valence-electron chi connectivity index (χ0n) is 12.4. The lowest BCUT2D eigenvalue weighted by molar-refractivity contribution is 0.0684. The Labute approximate surface area is 123 Å². The summed E-state index contributed by atoms with van der Waals surface area (Å²) >= 11 is 0. The van der Waals surface area contributed by atoms with Gasteiger partial charge in [0.2, 0.25) is 0 Å². The molecule has 0 saturated carbocycles. The molecule has 0 radical (unpaired) electrons. The Kier molecular flexibility index (Phi) is 4.12. The van der Waals surface area contributed by atoms with Gasteiger partial charge in [-0.2, -0.15) is 5.10 Å². The van der Waals surface area contributed by atoms with Crippen molar-refractivity contribution < 1.29 is 14.6 Å². The largest absolute Gasteiger partial charge is 0.496 e. The molecule has 0 aliphatic rings. The zero-order chi connectivity index (χ0) is 15.6. The van der Waals surface area contributed by atoms with Gasteiger partial charge in [0.15, 0.2) is 0 Å². The van der Waals surface area contributed by atoms with E-state index < -0.39 is 5.97 Å². The minimum Gasteiger partial charge on any atom is -0.496 e. The smallest absolute Gasteiger partial charge is 0.354 e. The lowest BCUT2D eigenvalue weighted by Gasteiger charge is -2.09. The highest BCUT2D eigenvalue weighted by atomic mass is 16.5. The number of aryl methyl sites for hydroxylation is 2. The van der Waals surface area contributed by atoms with Crippen molar-refractivity contribution in [3.63, 3.8) is 0 Å². The fraction of sp³-hybridized carbons (Fsp3) is 0.250. The van der Waals surface area contributed by atoms with Gasteiger partial charge in [0.1, 0.15) is 11.4 Å². The van der Waals surface area contributed by atoms with E-state index in [9.17, 15) is 9.90 Å². The molecule has 0 spiro atoms. The molecule has 0 fully saturated rings. The molecule has 0 unspecified atom stereocenters. The van der Waals surface area contributed by atoms with Crippen LogP contribution in [0, 0.1) is 13.8 Å². The second-order valence-electron chi connectivity index (χ2n) is 4.83. The van der Waals surface area contributed by atoms with Gasteiger partial charge < -0.3 is 9.84 Å². The summed E-state index contributed by atoms with van der Waals surface area (Å²) < 4.78 is 6.72. The predicted molar refractivity (Wildman–Crippen MR) is 80.8 cm³/mol. The van der Waals surface area contributed by atoms with Gasteiger partial charge in [0.05, 0.1) is 19.3 Å². The van der Waals surface area contributed by atoms with Crippen molar-refractivity contribution in [2.24, 2.45) is 0 Å². The molecule has 0 aliphatic heterocycles. The molecule has 2 rings (SSSR count). The summed E-state index contributed by atoms with van der Waals surface area (Å²) in [5, 5.41) is 13.6. The summed E-state index contributed by atoms with van der Waals surface area (Å²) in [5.41, 5.74) is 3.65. The maximum absolute atomic E-state index is 11.3. The van der Waals surface area contributed by atoms with E-state index >= 15 is 0 Å². The average Bonchev–Trinajstić information content (AvgIpc) is 2.85. The zero-order valence-corrected chi connectivity index (χ0v) is 12.4. The van der Waals surface area contributed by atoms with Crippen LogP contribution in [-0.2, 0) is 6.54 Å². The molecule has 1 aromatic heterocycles. The Morgan fingerprint density at radius 2 is 2.10 bits per heavy atom. The van der Waals surface area contributed by atoms with Crippen LogP contribution in [-0.4, -0.2) is 28.0 Å². The standard InChI is InChI=1S/C16H18N2O3/c1-5-6-18-14(16(19)20)9-13(17-18)12-7-11(3)15(21-4)8-10(12)2/h5,7-9H,1,6H2,2-4H3,(H,19,20). The molecule has 110 valence electrons. The number of allylic oxidation sites excluding steroid dienone is 1. The highest BCUT2D eigenvalue weighted by molar-refractivity contribution is 5.87. The van der Waals surface area contributed by atoms with Crippen molar-refractivity contribution in [3.8, 4) is 17.0 Å². The number of nitrogens with zero attached hydrogens (tertiary/aromatic N) is 2. The van der Waals surface area contributed by atoms with Crippen molar-refractivity contribution in [2.75, 3.05) is 7.11 Å². The molecule has 5 heteroatoms. The molecule has 0 atom stereocenters. The summed E-state index contributed by atoms with van der Waals surface area (Å²) in [6, 6.07) is 5.47. The van der Waals surface area contributed by atoms with Crippen LogP contribution in [0.1, 0.15) is 21.6 Å². The van der Waals surface area contributed by atoms with E-state index in [0.717, 1.165) is 22.4 Å². The Hall–Kier alpha value is -2.56. The third kappa shape index (κ3) is 2.81. The predicted octanol–water partition coefficient (Wildman–Crippen LogP) is 3.06. The van der Waals surface area contributed by atoms with E-state index in [1.807, 2.05) is 26.0 Å². The number of hydrogen-bond donors (Lipinski definition) is 1. The molecule has 1 heterocycles. The highest BCUT2D eigenvalue weighted by Gasteiger charge is 2.16. The number of ether oxygens (including phenoxy) is 1. The first-order chi connectivity index (χ1) is 9.97. The minimum absolute atomic E-state index is 0.151. The molecule has 5 nitrogen and oxygen atoms in total. The average molecular weight is 286 g/mol. The van der Waals surface area contributed by atoms with E-state index in [1.54, 1.807) is 19.3 Å². The van der Waals surface area contributed by atoms with E-state index in [4.69, 9.17) is 4.74 Å². The third-order valence-corrected chi connectivity index (χ3v) is 3.32. The number of aromatic carboxylic acids is 1. The lowest BCUT2D eigenvalue weighted by atomic mass is 10.0. The first-order valence-corrected chi connectivity index (χ1v) is 6.55. The number of benzene rings is 1. The van der Waals surface area contributed by atoms with Crippen molar-refractivity contribution >= 4 is 5.97 Å². The number of aromatic nitrogens is 2. The molecule has 0 saturated heterocycles. The third-order valence-electron chi connectivity index (χ3n) is 3.32. The van der Waals surface area contributed by atoms with E-state index in [1.165, 1.54) is 4.68 Å². The summed E-state index contributed by atoms with van der Waals surface area (Å²) in [4.78, 5) is 11.3. The van der Waals surface area contributed by atoms with E-state index in [-0.39, 0.29) is 5.69 Å². The van der Waals surface area contributed by atoms with Crippen molar-refractivity contribution in [1.29, 1.82) is 0 Å². The SMILES string of the molecule is C=CCn1nc(-c2cc(C)c(OC)cc2C)cc1C(=O)O. The van der Waals surface area contributed by atoms with E-state index in [2.05, 4.69) is 11.7 Å². The Bertz CT molecular complexity index is 702. The van der Waals surface area contributed by atoms with Crippen LogP contribution in [0.3, 0.4) is 0 Å². The monoisotopic (exact) mass is 286 g/mol. The molecule has 0 aliphatic carbocycles. The van der Waals surface area contributed by atoms with Gasteiger partial charge in [-0.1, -0.05) is 6.08 Å². The van der Waals surface area contributed by atoms with Crippen LogP contribution < -0.4 is 4.74 Å². The second-order valence-corrected chi connectivity index (χ2v) is 4.83. The normalized spacial score (nSPS) is 10.4. The molecular formula is C16H18N2O3. The highest BCUT2D eigenvalue weighted by Crippen LogP contribution is 2.29. The second kappa shape index (κ2) is 5.83. The Morgan fingerprint density at radius 3 is 2.67 bits per heavy atom. The fourth-order valence-corrected chi connectivity index (χ4v) is 2.27. The summed E-state index contributed by atoms with van der Waals surface area (Å²) in [5.74, 6) is -0.196. The molecule has 0 amide bonds. The van der Waals surface area contributed by atoms with Crippen molar-refractivity contribution in [3.05, 3.63) is 47.7 Å². The van der Waals surface area contributed by atoms with Gasteiger partial charge >= 0.3 is 5.97 Å². The first kappa shape index (κ1) is 14.8. The van der Waals surface area contributed by atoms with Gasteiger partial charge in [-0.05, 0) is 43.2 Å². The first-order valence-electron chi connectivity index (χ1n) is 6.55. The molecule has 21 heavy (non-hydrogen) atoms. The number of methoxy groups -OCH3 is 1. The minimum atomic E-state index is -1.00. The maximum atomic E-state index is 11.3.